The molecule has 0 spiro atoms. The number of aromatic amines is 1. The molecule has 0 saturated carbocycles. The molecule has 3 rings (SSSR count). The standard InChI is InChI=1S/C12H8N2O.ClH/c15-12-9-5-1-2-6-10(9)14-8-4-3-7-11(14)13-12;/h1-8H;1H. The number of pyridine rings is 1. The molecule has 0 fully saturated rings. The van der Waals surface area contributed by atoms with Gasteiger partial charge in [0.1, 0.15) is 10.9 Å². The number of rotatable bonds is 0. The van der Waals surface area contributed by atoms with Gasteiger partial charge in [-0.1, -0.05) is 18.2 Å². The van der Waals surface area contributed by atoms with E-state index in [0.29, 0.717) is 5.39 Å². The molecule has 0 aliphatic rings. The zero-order valence-corrected chi connectivity index (χ0v) is 9.11. The van der Waals surface area contributed by atoms with Gasteiger partial charge in [0.25, 0.3) is 5.65 Å². The number of fused-ring (bicyclic) bond motifs is 3. The van der Waals surface area contributed by atoms with Crippen LogP contribution in [0.2, 0.25) is 0 Å². The van der Waals surface area contributed by atoms with Gasteiger partial charge in [-0.25, -0.2) is 9.78 Å². The number of hydrogen-bond acceptors (Lipinski definition) is 1. The number of para-hydroxylation sites is 1. The van der Waals surface area contributed by atoms with Crippen LogP contribution in [0.25, 0.3) is 16.6 Å². The lowest BCUT2D eigenvalue weighted by Gasteiger charge is -1.96. The molecule has 3 aromatic rings. The normalized spacial score (nSPS) is 10.2. The van der Waals surface area contributed by atoms with Crippen LogP contribution in [0.4, 0.5) is 0 Å². The highest BCUT2D eigenvalue weighted by molar-refractivity contribution is 5.75. The van der Waals surface area contributed by atoms with Crippen LogP contribution in [0.15, 0.2) is 53.5 Å². The number of halogens is 1. The number of benzene rings is 1. The molecule has 0 bridgehead atoms. The second-order valence-electron chi connectivity index (χ2n) is 3.43. The summed E-state index contributed by atoms with van der Waals surface area (Å²) in [4.78, 5) is 14.6. The van der Waals surface area contributed by atoms with Crippen LogP contribution in [0, 0.1) is 0 Å². The quantitative estimate of drug-likeness (QED) is 0.363. The van der Waals surface area contributed by atoms with Crippen LogP contribution < -0.4 is 22.4 Å². The molecule has 0 atom stereocenters. The first-order valence-corrected chi connectivity index (χ1v) is 4.78. The zero-order valence-electron chi connectivity index (χ0n) is 8.35. The summed E-state index contributed by atoms with van der Waals surface area (Å²) in [6, 6.07) is 13.3. The summed E-state index contributed by atoms with van der Waals surface area (Å²) < 4.78 is 1.97. The fraction of sp³-hybridized carbons (Fsp3) is 0. The molecule has 1 aromatic carbocycles. The highest BCUT2D eigenvalue weighted by Crippen LogP contribution is 2.04. The molecule has 2 heterocycles. The molecule has 2 aromatic heterocycles. The number of H-pyrrole nitrogens is 1. The third-order valence-corrected chi connectivity index (χ3v) is 2.51. The van der Waals surface area contributed by atoms with Crippen molar-refractivity contribution in [3.05, 3.63) is 59.0 Å². The molecular weight excluding hydrogens is 224 g/mol. The topological polar surface area (TPSA) is 37.0 Å². The largest absolute Gasteiger partial charge is 1.00 e. The highest BCUT2D eigenvalue weighted by Gasteiger charge is 2.08. The highest BCUT2D eigenvalue weighted by atomic mass is 35.5. The van der Waals surface area contributed by atoms with Gasteiger partial charge in [-0.05, 0) is 18.2 Å². The lowest BCUT2D eigenvalue weighted by atomic mass is 10.2. The maximum absolute atomic E-state index is 11.7. The van der Waals surface area contributed by atoms with Crippen molar-refractivity contribution < 1.29 is 16.8 Å². The van der Waals surface area contributed by atoms with E-state index in [9.17, 15) is 4.79 Å². The molecule has 0 aliphatic carbocycles. The van der Waals surface area contributed by atoms with Gasteiger partial charge in [0.2, 0.25) is 0 Å². The molecule has 3 nitrogen and oxygen atoms in total. The van der Waals surface area contributed by atoms with E-state index in [4.69, 9.17) is 0 Å². The molecule has 0 radical (unpaired) electrons. The fourth-order valence-corrected chi connectivity index (χ4v) is 1.81. The van der Waals surface area contributed by atoms with Crippen molar-refractivity contribution >= 4 is 16.6 Å². The van der Waals surface area contributed by atoms with Crippen molar-refractivity contribution in [2.45, 2.75) is 0 Å². The number of nitrogens with zero attached hydrogens (tertiary/aromatic N) is 1. The maximum atomic E-state index is 11.7. The summed E-state index contributed by atoms with van der Waals surface area (Å²) in [7, 11) is 0. The molecule has 1 N–H and O–H groups in total. The van der Waals surface area contributed by atoms with Crippen molar-refractivity contribution in [2.75, 3.05) is 0 Å². The maximum Gasteiger partial charge on any atom is 0.343 e. The van der Waals surface area contributed by atoms with Crippen LogP contribution in [-0.4, -0.2) is 4.98 Å². The predicted molar refractivity (Wildman–Crippen MR) is 57.7 cm³/mol. The minimum Gasteiger partial charge on any atom is -1.00 e. The molecule has 0 saturated heterocycles. The van der Waals surface area contributed by atoms with E-state index in [1.165, 1.54) is 0 Å². The van der Waals surface area contributed by atoms with Gasteiger partial charge >= 0.3 is 5.56 Å². The monoisotopic (exact) mass is 232 g/mol. The summed E-state index contributed by atoms with van der Waals surface area (Å²) in [5.74, 6) is 0. The Kier molecular flexibility index (Phi) is 2.62. The summed E-state index contributed by atoms with van der Waals surface area (Å²) in [6.07, 6.45) is 1.94. The van der Waals surface area contributed by atoms with E-state index < -0.39 is 0 Å². The molecule has 4 heteroatoms. The first-order valence-electron chi connectivity index (χ1n) is 4.78. The summed E-state index contributed by atoms with van der Waals surface area (Å²) in [5, 5.41) is 0.709. The Hall–Kier alpha value is -1.87. The predicted octanol–water partition coefficient (Wildman–Crippen LogP) is -1.73. The zero-order chi connectivity index (χ0) is 10.3. The van der Waals surface area contributed by atoms with Crippen molar-refractivity contribution in [3.63, 3.8) is 0 Å². The number of aromatic nitrogens is 2. The molecule has 0 unspecified atom stereocenters. The Labute approximate surface area is 97.8 Å². The Morgan fingerprint density at radius 3 is 2.62 bits per heavy atom. The second-order valence-corrected chi connectivity index (χ2v) is 3.43. The van der Waals surface area contributed by atoms with E-state index in [2.05, 4.69) is 4.98 Å². The van der Waals surface area contributed by atoms with Crippen molar-refractivity contribution in [1.29, 1.82) is 0 Å². The second kappa shape index (κ2) is 3.94. The smallest absolute Gasteiger partial charge is 0.343 e. The van der Waals surface area contributed by atoms with Crippen molar-refractivity contribution in [1.82, 2.24) is 4.98 Å². The van der Waals surface area contributed by atoms with Gasteiger partial charge in [0.05, 0.1) is 6.20 Å². The molecule has 0 aliphatic heterocycles. The third-order valence-electron chi connectivity index (χ3n) is 2.51. The van der Waals surface area contributed by atoms with Gasteiger partial charge in [-0.3, -0.25) is 0 Å². The van der Waals surface area contributed by atoms with Gasteiger partial charge < -0.3 is 12.4 Å². The lowest BCUT2D eigenvalue weighted by molar-refractivity contribution is -0.484. The summed E-state index contributed by atoms with van der Waals surface area (Å²) in [6.45, 7) is 0. The van der Waals surface area contributed by atoms with E-state index in [-0.39, 0.29) is 18.0 Å². The van der Waals surface area contributed by atoms with Gasteiger partial charge in [0.15, 0.2) is 0 Å². The first kappa shape index (κ1) is 10.6. The average Bonchev–Trinajstić information content (AvgIpc) is 2.30. The van der Waals surface area contributed by atoms with Crippen molar-refractivity contribution in [3.8, 4) is 0 Å². The van der Waals surface area contributed by atoms with Crippen LogP contribution in [0.5, 0.6) is 0 Å². The van der Waals surface area contributed by atoms with Gasteiger partial charge in [0, 0.05) is 6.07 Å². The SMILES string of the molecule is O=c1[nH]c2cccc[n+]2c2ccccc12.[Cl-]. The molecule has 0 amide bonds. The average molecular weight is 233 g/mol. The molecule has 80 valence electrons. The van der Waals surface area contributed by atoms with E-state index in [1.807, 2.05) is 53.1 Å². The Balaban J connectivity index is 0.000000963. The van der Waals surface area contributed by atoms with Gasteiger partial charge in [-0.15, -0.1) is 0 Å². The molecular formula is C12H9ClN2O. The van der Waals surface area contributed by atoms with Crippen LogP contribution >= 0.6 is 0 Å². The number of hydrogen-bond donors (Lipinski definition) is 1. The third kappa shape index (κ3) is 1.46. The minimum absolute atomic E-state index is 0. The Morgan fingerprint density at radius 1 is 1.00 bits per heavy atom. The van der Waals surface area contributed by atoms with E-state index in [0.717, 1.165) is 11.2 Å². The van der Waals surface area contributed by atoms with Crippen LogP contribution in [0.1, 0.15) is 0 Å². The van der Waals surface area contributed by atoms with Gasteiger partial charge in [-0.2, -0.15) is 4.40 Å². The molecule has 16 heavy (non-hydrogen) atoms. The van der Waals surface area contributed by atoms with Crippen LogP contribution in [0.3, 0.4) is 0 Å². The van der Waals surface area contributed by atoms with E-state index >= 15 is 0 Å². The summed E-state index contributed by atoms with van der Waals surface area (Å²) >= 11 is 0. The first-order chi connectivity index (χ1) is 7.36. The van der Waals surface area contributed by atoms with Crippen molar-refractivity contribution in [2.24, 2.45) is 0 Å². The number of nitrogens with one attached hydrogen (secondary N) is 1. The Bertz CT molecular complexity index is 706. The lowest BCUT2D eigenvalue weighted by Crippen LogP contribution is -3.00. The van der Waals surface area contributed by atoms with Crippen LogP contribution in [-0.2, 0) is 0 Å². The summed E-state index contributed by atoms with van der Waals surface area (Å²) in [5.41, 5.74) is 1.69. The minimum atomic E-state index is -0.0446. The van der Waals surface area contributed by atoms with E-state index in [1.54, 1.807) is 0 Å². The fourth-order valence-electron chi connectivity index (χ4n) is 1.81. The Morgan fingerprint density at radius 2 is 1.75 bits per heavy atom.